The van der Waals surface area contributed by atoms with E-state index in [4.69, 9.17) is 6.42 Å². The van der Waals surface area contributed by atoms with Crippen LogP contribution in [0.4, 0.5) is 0 Å². The standard InChI is InChI=1S/C9H12N2O2/c1-2-4-9(13)11-6-3-5-10-8(12)7-11/h1H,3-7H2,(H,10,12). The average molecular weight is 180 g/mol. The van der Waals surface area contributed by atoms with E-state index in [2.05, 4.69) is 11.2 Å². The zero-order valence-corrected chi connectivity index (χ0v) is 7.38. The Balaban J connectivity index is 2.53. The van der Waals surface area contributed by atoms with Gasteiger partial charge in [0.1, 0.15) is 0 Å². The van der Waals surface area contributed by atoms with Gasteiger partial charge in [0.05, 0.1) is 13.0 Å². The van der Waals surface area contributed by atoms with Crippen LogP contribution in [0.5, 0.6) is 0 Å². The summed E-state index contributed by atoms with van der Waals surface area (Å²) in [7, 11) is 0. The first kappa shape index (κ1) is 9.59. The van der Waals surface area contributed by atoms with Crippen LogP contribution in [-0.2, 0) is 9.59 Å². The van der Waals surface area contributed by atoms with E-state index in [1.807, 2.05) is 0 Å². The first-order valence-electron chi connectivity index (χ1n) is 4.22. The number of hydrogen-bond acceptors (Lipinski definition) is 2. The molecule has 0 saturated carbocycles. The number of nitrogens with one attached hydrogen (secondary N) is 1. The molecule has 0 atom stereocenters. The van der Waals surface area contributed by atoms with Crippen molar-refractivity contribution in [3.05, 3.63) is 0 Å². The van der Waals surface area contributed by atoms with Gasteiger partial charge in [-0.2, -0.15) is 0 Å². The van der Waals surface area contributed by atoms with Crippen LogP contribution < -0.4 is 5.32 Å². The molecule has 1 N–H and O–H groups in total. The number of terminal acetylenes is 1. The lowest BCUT2D eigenvalue weighted by molar-refractivity contribution is -0.134. The topological polar surface area (TPSA) is 49.4 Å². The number of amides is 2. The molecule has 70 valence electrons. The summed E-state index contributed by atoms with van der Waals surface area (Å²) in [6, 6.07) is 0. The molecule has 1 saturated heterocycles. The van der Waals surface area contributed by atoms with Crippen LogP contribution >= 0.6 is 0 Å². The molecule has 1 aliphatic heterocycles. The molecule has 4 heteroatoms. The van der Waals surface area contributed by atoms with Crippen molar-refractivity contribution in [2.75, 3.05) is 19.6 Å². The fourth-order valence-corrected chi connectivity index (χ4v) is 1.22. The lowest BCUT2D eigenvalue weighted by Gasteiger charge is -2.17. The maximum absolute atomic E-state index is 11.3. The zero-order chi connectivity index (χ0) is 9.68. The van der Waals surface area contributed by atoms with Gasteiger partial charge in [0, 0.05) is 13.1 Å². The zero-order valence-electron chi connectivity index (χ0n) is 7.38. The van der Waals surface area contributed by atoms with Crippen LogP contribution in [0.15, 0.2) is 0 Å². The third-order valence-corrected chi connectivity index (χ3v) is 1.87. The minimum Gasteiger partial charge on any atom is -0.354 e. The van der Waals surface area contributed by atoms with Crippen LogP contribution in [0, 0.1) is 12.3 Å². The quantitative estimate of drug-likeness (QED) is 0.545. The number of hydrogen-bond donors (Lipinski definition) is 1. The van der Waals surface area contributed by atoms with E-state index >= 15 is 0 Å². The Hall–Kier alpha value is -1.50. The maximum Gasteiger partial charge on any atom is 0.239 e. The summed E-state index contributed by atoms with van der Waals surface area (Å²) >= 11 is 0. The van der Waals surface area contributed by atoms with Crippen molar-refractivity contribution >= 4 is 11.8 Å². The largest absolute Gasteiger partial charge is 0.354 e. The van der Waals surface area contributed by atoms with Crippen molar-refractivity contribution in [3.8, 4) is 12.3 Å². The SMILES string of the molecule is C#CCC(=O)N1CCCNC(=O)C1. The van der Waals surface area contributed by atoms with Crippen molar-refractivity contribution in [2.45, 2.75) is 12.8 Å². The normalized spacial score (nSPS) is 17.2. The molecular formula is C9H12N2O2. The van der Waals surface area contributed by atoms with E-state index in [0.29, 0.717) is 13.1 Å². The Morgan fingerprint density at radius 2 is 2.46 bits per heavy atom. The third kappa shape index (κ3) is 2.79. The highest BCUT2D eigenvalue weighted by atomic mass is 16.2. The summed E-state index contributed by atoms with van der Waals surface area (Å²) in [6.45, 7) is 1.39. The molecule has 1 rings (SSSR count). The Bertz CT molecular complexity index is 255. The fourth-order valence-electron chi connectivity index (χ4n) is 1.22. The van der Waals surface area contributed by atoms with Gasteiger partial charge in [-0.3, -0.25) is 9.59 Å². The second-order valence-corrected chi connectivity index (χ2v) is 2.90. The molecule has 2 amide bonds. The monoisotopic (exact) mass is 180 g/mol. The molecule has 1 fully saturated rings. The molecular weight excluding hydrogens is 168 g/mol. The summed E-state index contributed by atoms with van der Waals surface area (Å²) in [5, 5.41) is 2.69. The van der Waals surface area contributed by atoms with E-state index in [0.717, 1.165) is 6.42 Å². The highest BCUT2D eigenvalue weighted by Crippen LogP contribution is 1.98. The number of carbonyl (C=O) groups excluding carboxylic acids is 2. The lowest BCUT2D eigenvalue weighted by atomic mass is 10.3. The van der Waals surface area contributed by atoms with Crippen LogP contribution in [0.25, 0.3) is 0 Å². The molecule has 0 aromatic heterocycles. The van der Waals surface area contributed by atoms with Crippen LogP contribution in [-0.4, -0.2) is 36.3 Å². The van der Waals surface area contributed by atoms with Gasteiger partial charge in [0.25, 0.3) is 0 Å². The average Bonchev–Trinajstić information content (AvgIpc) is 2.30. The van der Waals surface area contributed by atoms with Crippen molar-refractivity contribution in [2.24, 2.45) is 0 Å². The van der Waals surface area contributed by atoms with Crippen LogP contribution in [0.1, 0.15) is 12.8 Å². The molecule has 0 unspecified atom stereocenters. The highest BCUT2D eigenvalue weighted by molar-refractivity contribution is 5.86. The molecule has 0 spiro atoms. The molecule has 13 heavy (non-hydrogen) atoms. The van der Waals surface area contributed by atoms with E-state index < -0.39 is 0 Å². The molecule has 0 aliphatic carbocycles. The summed E-state index contributed by atoms with van der Waals surface area (Å²) in [5.74, 6) is 2.03. The predicted octanol–water partition coefficient (Wildman–Crippen LogP) is -0.642. The minimum absolute atomic E-state index is 0.0767. The van der Waals surface area contributed by atoms with Crippen molar-refractivity contribution in [1.82, 2.24) is 10.2 Å². The summed E-state index contributed by atoms with van der Waals surface area (Å²) < 4.78 is 0. The molecule has 0 aromatic rings. The first-order chi connectivity index (χ1) is 6.24. The summed E-state index contributed by atoms with van der Waals surface area (Å²) in [5.41, 5.74) is 0. The minimum atomic E-state index is -0.139. The summed E-state index contributed by atoms with van der Waals surface area (Å²) in [4.78, 5) is 23.8. The number of nitrogens with zero attached hydrogens (tertiary/aromatic N) is 1. The van der Waals surface area contributed by atoms with Gasteiger partial charge in [0.2, 0.25) is 11.8 Å². The molecule has 0 bridgehead atoms. The molecule has 0 aromatic carbocycles. The molecule has 1 aliphatic rings. The maximum atomic E-state index is 11.3. The number of rotatable bonds is 1. The van der Waals surface area contributed by atoms with Crippen molar-refractivity contribution < 1.29 is 9.59 Å². The van der Waals surface area contributed by atoms with Gasteiger partial charge >= 0.3 is 0 Å². The van der Waals surface area contributed by atoms with Crippen molar-refractivity contribution in [1.29, 1.82) is 0 Å². The van der Waals surface area contributed by atoms with Crippen molar-refractivity contribution in [3.63, 3.8) is 0 Å². The highest BCUT2D eigenvalue weighted by Gasteiger charge is 2.18. The Morgan fingerprint density at radius 1 is 1.69 bits per heavy atom. The summed E-state index contributed by atoms with van der Waals surface area (Å²) in [6.07, 6.45) is 5.88. The fraction of sp³-hybridized carbons (Fsp3) is 0.556. The van der Waals surface area contributed by atoms with E-state index in [1.54, 1.807) is 0 Å². The van der Waals surface area contributed by atoms with Gasteiger partial charge in [-0.05, 0) is 6.42 Å². The lowest BCUT2D eigenvalue weighted by Crippen LogP contribution is -2.37. The van der Waals surface area contributed by atoms with Gasteiger partial charge in [0.15, 0.2) is 0 Å². The van der Waals surface area contributed by atoms with Crippen LogP contribution in [0.3, 0.4) is 0 Å². The smallest absolute Gasteiger partial charge is 0.239 e. The molecule has 0 radical (unpaired) electrons. The van der Waals surface area contributed by atoms with Gasteiger partial charge in [-0.25, -0.2) is 0 Å². The van der Waals surface area contributed by atoms with Gasteiger partial charge in [-0.1, -0.05) is 5.92 Å². The van der Waals surface area contributed by atoms with E-state index in [9.17, 15) is 9.59 Å². The Labute approximate surface area is 77.3 Å². The second-order valence-electron chi connectivity index (χ2n) is 2.90. The van der Waals surface area contributed by atoms with E-state index in [-0.39, 0.29) is 24.8 Å². The Kier molecular flexibility index (Phi) is 3.32. The molecule has 4 nitrogen and oxygen atoms in total. The van der Waals surface area contributed by atoms with Gasteiger partial charge in [-0.15, -0.1) is 6.42 Å². The Morgan fingerprint density at radius 3 is 3.15 bits per heavy atom. The number of carbonyl (C=O) groups is 2. The van der Waals surface area contributed by atoms with E-state index in [1.165, 1.54) is 4.90 Å². The molecule has 1 heterocycles. The first-order valence-corrected chi connectivity index (χ1v) is 4.22. The third-order valence-electron chi connectivity index (χ3n) is 1.87. The van der Waals surface area contributed by atoms with Gasteiger partial charge < -0.3 is 10.2 Å². The second kappa shape index (κ2) is 4.51. The van der Waals surface area contributed by atoms with Crippen LogP contribution in [0.2, 0.25) is 0 Å². The predicted molar refractivity (Wildman–Crippen MR) is 47.7 cm³/mol.